The van der Waals surface area contributed by atoms with Crippen LogP contribution in [0, 0.1) is 47.3 Å². The van der Waals surface area contributed by atoms with E-state index in [9.17, 15) is 0 Å². The Balaban J connectivity index is 1.33. The van der Waals surface area contributed by atoms with Crippen LogP contribution in [0.2, 0.25) is 0 Å². The molecule has 5 aliphatic carbocycles. The van der Waals surface area contributed by atoms with Crippen molar-refractivity contribution in [2.24, 2.45) is 47.3 Å². The molecule has 0 spiro atoms. The Hall–Kier alpha value is -0.820. The third-order valence-electron chi connectivity index (χ3n) is 8.07. The molecule has 5 saturated carbocycles. The highest BCUT2D eigenvalue weighted by molar-refractivity contribution is 5.29. The van der Waals surface area contributed by atoms with Gasteiger partial charge in [0.25, 0.3) is 0 Å². The lowest BCUT2D eigenvalue weighted by atomic mass is 9.58. The first-order valence-electron chi connectivity index (χ1n) is 8.59. The van der Waals surface area contributed by atoms with Crippen molar-refractivity contribution in [2.45, 2.75) is 25.4 Å². The van der Waals surface area contributed by atoms with Crippen molar-refractivity contribution in [1.82, 2.24) is 4.90 Å². The van der Waals surface area contributed by atoms with Gasteiger partial charge in [-0.1, -0.05) is 30.3 Å². The third-order valence-corrected chi connectivity index (χ3v) is 8.07. The van der Waals surface area contributed by atoms with E-state index in [0.29, 0.717) is 0 Å². The van der Waals surface area contributed by atoms with Gasteiger partial charge >= 0.3 is 0 Å². The van der Waals surface area contributed by atoms with E-state index in [1.807, 2.05) is 0 Å². The molecule has 104 valence electrons. The Kier molecular flexibility index (Phi) is 1.80. The summed E-state index contributed by atoms with van der Waals surface area (Å²) in [5.41, 5.74) is 1.49. The largest absolute Gasteiger partial charge is 0.299 e. The highest BCUT2D eigenvalue weighted by atomic mass is 15.2. The van der Waals surface area contributed by atoms with Gasteiger partial charge in [-0.15, -0.1) is 0 Å². The smallest absolute Gasteiger partial charge is 0.0233 e. The number of nitrogens with zero attached hydrogens (tertiary/aromatic N) is 1. The number of hydrogen-bond donors (Lipinski definition) is 0. The van der Waals surface area contributed by atoms with Gasteiger partial charge in [0, 0.05) is 12.6 Å². The number of fused-ring (bicyclic) bond motifs is 2. The fourth-order valence-electron chi connectivity index (χ4n) is 7.99. The van der Waals surface area contributed by atoms with E-state index in [0.717, 1.165) is 48.1 Å². The summed E-state index contributed by atoms with van der Waals surface area (Å²) in [4.78, 5) is 2.74. The van der Waals surface area contributed by atoms with Gasteiger partial charge in [-0.25, -0.2) is 0 Å². The van der Waals surface area contributed by atoms with E-state index in [-0.39, 0.29) is 0 Å². The second-order valence-electron chi connectivity index (χ2n) is 8.33. The van der Waals surface area contributed by atoms with Gasteiger partial charge in [0.1, 0.15) is 0 Å². The molecule has 0 saturated heterocycles. The van der Waals surface area contributed by atoms with E-state index in [1.54, 1.807) is 12.8 Å². The molecule has 0 aromatic heterocycles. The van der Waals surface area contributed by atoms with Crippen LogP contribution in [0.25, 0.3) is 0 Å². The second-order valence-corrected chi connectivity index (χ2v) is 8.33. The minimum absolute atomic E-state index is 0.928. The Morgan fingerprint density at radius 2 is 1.55 bits per heavy atom. The average molecular weight is 265 g/mol. The summed E-state index contributed by atoms with van der Waals surface area (Å²) in [5, 5.41) is 0. The number of hydrogen-bond acceptors (Lipinski definition) is 1. The minimum atomic E-state index is 0.928. The monoisotopic (exact) mass is 265 g/mol. The zero-order chi connectivity index (χ0) is 13.0. The minimum Gasteiger partial charge on any atom is -0.299 e. The lowest BCUT2D eigenvalue weighted by Crippen LogP contribution is -2.51. The molecule has 2 bridgehead atoms. The van der Waals surface area contributed by atoms with Gasteiger partial charge in [0.05, 0.1) is 0 Å². The van der Waals surface area contributed by atoms with Gasteiger partial charge < -0.3 is 0 Å². The van der Waals surface area contributed by atoms with Crippen LogP contribution in [0.5, 0.6) is 0 Å². The van der Waals surface area contributed by atoms with Crippen LogP contribution in [0.4, 0.5) is 0 Å². The van der Waals surface area contributed by atoms with Gasteiger partial charge in [0.15, 0.2) is 0 Å². The van der Waals surface area contributed by atoms with Crippen molar-refractivity contribution in [3.05, 3.63) is 35.9 Å². The molecule has 20 heavy (non-hydrogen) atoms. The molecular weight excluding hydrogens is 242 g/mol. The molecular formula is C19H23N. The molecule has 0 unspecified atom stereocenters. The summed E-state index contributed by atoms with van der Waals surface area (Å²) < 4.78 is 0. The molecule has 0 radical (unpaired) electrons. The van der Waals surface area contributed by atoms with Crippen LogP contribution in [-0.4, -0.2) is 18.0 Å². The van der Waals surface area contributed by atoms with Crippen LogP contribution in [-0.2, 0) is 6.54 Å². The summed E-state index contributed by atoms with van der Waals surface area (Å²) in [5.74, 6) is 9.12. The summed E-state index contributed by atoms with van der Waals surface area (Å²) in [6, 6.07) is 12.0. The van der Waals surface area contributed by atoms with Crippen LogP contribution in [0.3, 0.4) is 0 Å². The summed E-state index contributed by atoms with van der Waals surface area (Å²) >= 11 is 0. The van der Waals surface area contributed by atoms with Gasteiger partial charge in [0.2, 0.25) is 0 Å². The molecule has 6 rings (SSSR count). The molecule has 0 amide bonds. The van der Waals surface area contributed by atoms with Gasteiger partial charge in [-0.2, -0.15) is 0 Å². The predicted molar refractivity (Wildman–Crippen MR) is 78.9 cm³/mol. The van der Waals surface area contributed by atoms with Gasteiger partial charge in [-0.3, -0.25) is 4.90 Å². The highest BCUT2D eigenvalue weighted by Gasteiger charge is 2.80. The lowest BCUT2D eigenvalue weighted by molar-refractivity contribution is -0.0220. The van der Waals surface area contributed by atoms with Gasteiger partial charge in [-0.05, 0) is 72.8 Å². The lowest BCUT2D eigenvalue weighted by Gasteiger charge is -2.50. The first-order chi connectivity index (χ1) is 9.84. The molecule has 1 nitrogen and oxygen atoms in total. The van der Waals surface area contributed by atoms with E-state index >= 15 is 0 Å². The molecule has 1 heteroatoms. The van der Waals surface area contributed by atoms with E-state index in [1.165, 1.54) is 17.4 Å². The maximum absolute atomic E-state index is 2.74. The molecule has 9 atom stereocenters. The van der Waals surface area contributed by atoms with Crippen molar-refractivity contribution >= 4 is 0 Å². The second kappa shape index (κ2) is 3.32. The van der Waals surface area contributed by atoms with E-state index < -0.39 is 0 Å². The maximum atomic E-state index is 2.74. The molecule has 0 heterocycles. The maximum Gasteiger partial charge on any atom is 0.0233 e. The summed E-state index contributed by atoms with van der Waals surface area (Å²) in [6.07, 6.45) is 3.24. The zero-order valence-corrected chi connectivity index (χ0v) is 12.2. The Morgan fingerprint density at radius 3 is 2.35 bits per heavy atom. The molecule has 5 aliphatic rings. The summed E-state index contributed by atoms with van der Waals surface area (Å²) in [6.45, 7) is 1.16. The molecule has 5 fully saturated rings. The van der Waals surface area contributed by atoms with Crippen LogP contribution < -0.4 is 0 Å². The molecule has 0 aliphatic heterocycles. The SMILES string of the molecule is CN(Cc1ccccc1)[C@H]1[C@H]2[C@H]3C[C@@H]4[C@H]5[C@H]3C[C@H]2[C@@H]5[C@H]41. The van der Waals surface area contributed by atoms with Crippen LogP contribution in [0.15, 0.2) is 30.3 Å². The topological polar surface area (TPSA) is 3.24 Å². The molecule has 0 N–H and O–H groups in total. The van der Waals surface area contributed by atoms with Crippen LogP contribution >= 0.6 is 0 Å². The van der Waals surface area contributed by atoms with Crippen molar-refractivity contribution < 1.29 is 0 Å². The first kappa shape index (κ1) is 10.8. The Labute approximate surface area is 121 Å². The predicted octanol–water partition coefficient (Wildman–Crippen LogP) is 3.26. The Bertz CT molecular complexity index is 560. The van der Waals surface area contributed by atoms with E-state index in [2.05, 4.69) is 42.3 Å². The highest BCUT2D eigenvalue weighted by Crippen LogP contribution is 2.83. The fourth-order valence-corrected chi connectivity index (χ4v) is 7.99. The van der Waals surface area contributed by atoms with Crippen molar-refractivity contribution in [3.8, 4) is 0 Å². The molecule has 1 aromatic carbocycles. The van der Waals surface area contributed by atoms with Crippen molar-refractivity contribution in [3.63, 3.8) is 0 Å². The first-order valence-corrected chi connectivity index (χ1v) is 8.59. The number of rotatable bonds is 3. The summed E-state index contributed by atoms with van der Waals surface area (Å²) in [7, 11) is 2.41. The normalized spacial score (nSPS) is 56.0. The van der Waals surface area contributed by atoms with E-state index in [4.69, 9.17) is 0 Å². The van der Waals surface area contributed by atoms with Crippen molar-refractivity contribution in [1.29, 1.82) is 0 Å². The average Bonchev–Trinajstić information content (AvgIpc) is 2.98. The van der Waals surface area contributed by atoms with Crippen molar-refractivity contribution in [2.75, 3.05) is 7.05 Å². The molecule has 1 aromatic rings. The Morgan fingerprint density at radius 1 is 0.850 bits per heavy atom. The number of benzene rings is 1. The third kappa shape index (κ3) is 0.997. The quantitative estimate of drug-likeness (QED) is 0.811. The fraction of sp³-hybridized carbons (Fsp3) is 0.684. The standard InChI is InChI=1S/C19H23N/c1-20(9-10-5-3-2-4-6-10)19-16-12-8-13-15-11(12)7-14(16)17(15)18(13)19/h2-6,11-19H,7-9H2,1H3/t11-,12-,13+,14+,15+,16-,17-,18-,19-/m0/s1. The van der Waals surface area contributed by atoms with Crippen LogP contribution in [0.1, 0.15) is 18.4 Å². The zero-order valence-electron chi connectivity index (χ0n) is 12.2.